The van der Waals surface area contributed by atoms with Crippen LogP contribution in [0.2, 0.25) is 0 Å². The first-order valence-corrected chi connectivity index (χ1v) is 6.75. The third-order valence-electron chi connectivity index (χ3n) is 3.36. The number of benzene rings is 2. The molecule has 2 aromatic rings. The van der Waals surface area contributed by atoms with Gasteiger partial charge in [0.2, 0.25) is 0 Å². The Balaban J connectivity index is 1.81. The molecule has 4 nitrogen and oxygen atoms in total. The van der Waals surface area contributed by atoms with E-state index in [4.69, 9.17) is 0 Å². The van der Waals surface area contributed by atoms with Gasteiger partial charge in [-0.05, 0) is 48.7 Å². The van der Waals surface area contributed by atoms with E-state index in [0.717, 1.165) is 29.7 Å². The number of rotatable bonds is 6. The number of hydrogen-bond acceptors (Lipinski definition) is 3. The largest absolute Gasteiger partial charge is 0.312 e. The number of nitro benzene ring substituents is 1. The summed E-state index contributed by atoms with van der Waals surface area (Å²) in [5.74, 6) is -0.229. The number of nitrogens with one attached hydrogen (secondary N) is 1. The van der Waals surface area contributed by atoms with E-state index in [9.17, 15) is 14.5 Å². The van der Waals surface area contributed by atoms with Gasteiger partial charge in [-0.15, -0.1) is 0 Å². The third-order valence-corrected chi connectivity index (χ3v) is 3.36. The van der Waals surface area contributed by atoms with Crippen LogP contribution in [0.5, 0.6) is 0 Å². The summed E-state index contributed by atoms with van der Waals surface area (Å²) in [6, 6.07) is 11.3. The van der Waals surface area contributed by atoms with Crippen LogP contribution in [0.15, 0.2) is 42.5 Å². The molecular weight excluding hydrogens is 271 g/mol. The minimum absolute atomic E-state index is 0.0992. The van der Waals surface area contributed by atoms with Gasteiger partial charge >= 0.3 is 0 Å². The number of halogens is 1. The van der Waals surface area contributed by atoms with Crippen LogP contribution in [0.1, 0.15) is 16.7 Å². The average molecular weight is 288 g/mol. The number of nitro groups is 1. The lowest BCUT2D eigenvalue weighted by molar-refractivity contribution is -0.384. The van der Waals surface area contributed by atoms with Crippen LogP contribution >= 0.6 is 0 Å². The van der Waals surface area contributed by atoms with Crippen LogP contribution in [0.4, 0.5) is 10.1 Å². The highest BCUT2D eigenvalue weighted by Gasteiger charge is 2.04. The molecule has 0 atom stereocenters. The van der Waals surface area contributed by atoms with E-state index in [1.807, 2.05) is 6.92 Å². The van der Waals surface area contributed by atoms with Crippen LogP contribution < -0.4 is 5.32 Å². The summed E-state index contributed by atoms with van der Waals surface area (Å²) in [6.07, 6.45) is 0.770. The minimum Gasteiger partial charge on any atom is -0.312 e. The van der Waals surface area contributed by atoms with Crippen molar-refractivity contribution in [3.63, 3.8) is 0 Å². The van der Waals surface area contributed by atoms with Gasteiger partial charge in [-0.1, -0.05) is 18.2 Å². The first-order valence-electron chi connectivity index (χ1n) is 6.75. The number of aryl methyl sites for hydroxylation is 1. The van der Waals surface area contributed by atoms with Crippen molar-refractivity contribution in [2.45, 2.75) is 19.9 Å². The molecule has 0 aromatic heterocycles. The van der Waals surface area contributed by atoms with Crippen molar-refractivity contribution < 1.29 is 9.31 Å². The summed E-state index contributed by atoms with van der Waals surface area (Å²) >= 11 is 0. The summed E-state index contributed by atoms with van der Waals surface area (Å²) in [4.78, 5) is 10.1. The van der Waals surface area contributed by atoms with Gasteiger partial charge in [-0.25, -0.2) is 4.39 Å². The summed E-state index contributed by atoms with van der Waals surface area (Å²) in [7, 11) is 0. The van der Waals surface area contributed by atoms with Gasteiger partial charge in [-0.3, -0.25) is 10.1 Å². The molecule has 0 aliphatic carbocycles. The van der Waals surface area contributed by atoms with E-state index in [0.29, 0.717) is 6.54 Å². The number of nitrogens with zero attached hydrogens (tertiary/aromatic N) is 1. The molecule has 2 rings (SSSR count). The van der Waals surface area contributed by atoms with E-state index < -0.39 is 4.92 Å². The first-order chi connectivity index (χ1) is 10.1. The normalized spacial score (nSPS) is 10.6. The molecule has 5 heteroatoms. The Hall–Kier alpha value is -2.27. The maximum Gasteiger partial charge on any atom is 0.269 e. The van der Waals surface area contributed by atoms with Crippen molar-refractivity contribution in [3.8, 4) is 0 Å². The lowest BCUT2D eigenvalue weighted by Crippen LogP contribution is -2.17. The maximum absolute atomic E-state index is 13.1. The Kier molecular flexibility index (Phi) is 5.00. The van der Waals surface area contributed by atoms with Crippen LogP contribution in [0, 0.1) is 22.9 Å². The quantitative estimate of drug-likeness (QED) is 0.503. The second kappa shape index (κ2) is 6.95. The predicted molar refractivity (Wildman–Crippen MR) is 79.6 cm³/mol. The topological polar surface area (TPSA) is 55.2 Å². The summed E-state index contributed by atoms with van der Waals surface area (Å²) < 4.78 is 13.1. The molecular formula is C16H17FN2O2. The Morgan fingerprint density at radius 1 is 1.19 bits per heavy atom. The first kappa shape index (κ1) is 15.1. The van der Waals surface area contributed by atoms with Crippen LogP contribution in [-0.4, -0.2) is 11.5 Å². The van der Waals surface area contributed by atoms with Gasteiger partial charge in [-0.2, -0.15) is 0 Å². The smallest absolute Gasteiger partial charge is 0.269 e. The van der Waals surface area contributed by atoms with E-state index in [1.54, 1.807) is 18.2 Å². The molecule has 0 bridgehead atoms. The van der Waals surface area contributed by atoms with Crippen molar-refractivity contribution in [1.82, 2.24) is 5.32 Å². The van der Waals surface area contributed by atoms with E-state index in [1.165, 1.54) is 24.3 Å². The molecule has 0 fully saturated rings. The molecule has 0 saturated heterocycles. The fourth-order valence-electron chi connectivity index (χ4n) is 2.07. The van der Waals surface area contributed by atoms with Crippen molar-refractivity contribution >= 4 is 5.69 Å². The van der Waals surface area contributed by atoms with Gasteiger partial charge in [0.25, 0.3) is 5.69 Å². The number of hydrogen-bond donors (Lipinski definition) is 1. The van der Waals surface area contributed by atoms with Crippen LogP contribution in [0.25, 0.3) is 0 Å². The molecule has 110 valence electrons. The number of non-ortho nitro benzene ring substituents is 1. The van der Waals surface area contributed by atoms with Gasteiger partial charge < -0.3 is 5.32 Å². The zero-order chi connectivity index (χ0) is 15.2. The van der Waals surface area contributed by atoms with E-state index in [-0.39, 0.29) is 11.5 Å². The summed E-state index contributed by atoms with van der Waals surface area (Å²) in [5.41, 5.74) is 3.13. The lowest BCUT2D eigenvalue weighted by atomic mass is 10.1. The molecule has 0 aliphatic heterocycles. The molecule has 0 amide bonds. The minimum atomic E-state index is -0.408. The highest BCUT2D eigenvalue weighted by molar-refractivity contribution is 5.33. The molecule has 21 heavy (non-hydrogen) atoms. The molecule has 2 aromatic carbocycles. The molecule has 0 unspecified atom stereocenters. The average Bonchev–Trinajstić information content (AvgIpc) is 2.47. The van der Waals surface area contributed by atoms with Gasteiger partial charge in [0, 0.05) is 18.7 Å². The van der Waals surface area contributed by atoms with E-state index >= 15 is 0 Å². The molecule has 0 radical (unpaired) electrons. The maximum atomic E-state index is 13.1. The second-order valence-corrected chi connectivity index (χ2v) is 4.92. The standard InChI is InChI=1S/C16H17FN2O2/c1-12-2-5-15(17)10-14(12)11-18-9-8-13-3-6-16(7-4-13)19(20)21/h2-7,10,18H,8-9,11H2,1H3. The molecule has 0 saturated carbocycles. The molecule has 0 spiro atoms. The highest BCUT2D eigenvalue weighted by Crippen LogP contribution is 2.12. The predicted octanol–water partition coefficient (Wildman–Crippen LogP) is 3.37. The third kappa shape index (κ3) is 4.36. The molecule has 1 N–H and O–H groups in total. The van der Waals surface area contributed by atoms with Crippen molar-refractivity contribution in [2.75, 3.05) is 6.54 Å². The zero-order valence-electron chi connectivity index (χ0n) is 11.8. The van der Waals surface area contributed by atoms with Gasteiger partial charge in [0.15, 0.2) is 0 Å². The molecule has 0 heterocycles. The second-order valence-electron chi connectivity index (χ2n) is 4.92. The SMILES string of the molecule is Cc1ccc(F)cc1CNCCc1ccc([N+](=O)[O-])cc1. The van der Waals surface area contributed by atoms with Crippen LogP contribution in [0.3, 0.4) is 0 Å². The Bertz CT molecular complexity index is 627. The fraction of sp³-hybridized carbons (Fsp3) is 0.250. The van der Waals surface area contributed by atoms with Crippen molar-refractivity contribution in [2.24, 2.45) is 0 Å². The summed E-state index contributed by atoms with van der Waals surface area (Å²) in [6.45, 7) is 3.29. The highest BCUT2D eigenvalue weighted by atomic mass is 19.1. The molecule has 0 aliphatic rings. The zero-order valence-corrected chi connectivity index (χ0v) is 11.8. The lowest BCUT2D eigenvalue weighted by Gasteiger charge is -2.08. The summed E-state index contributed by atoms with van der Waals surface area (Å²) in [5, 5.41) is 13.8. The van der Waals surface area contributed by atoms with E-state index in [2.05, 4.69) is 5.32 Å². The Morgan fingerprint density at radius 3 is 2.57 bits per heavy atom. The Morgan fingerprint density at radius 2 is 1.90 bits per heavy atom. The van der Waals surface area contributed by atoms with Gasteiger partial charge in [0.1, 0.15) is 5.82 Å². The Labute approximate surface area is 122 Å². The van der Waals surface area contributed by atoms with Crippen molar-refractivity contribution in [3.05, 3.63) is 75.1 Å². The van der Waals surface area contributed by atoms with Crippen LogP contribution in [-0.2, 0) is 13.0 Å². The monoisotopic (exact) mass is 288 g/mol. The van der Waals surface area contributed by atoms with Crippen molar-refractivity contribution in [1.29, 1.82) is 0 Å². The fourth-order valence-corrected chi connectivity index (χ4v) is 2.07. The van der Waals surface area contributed by atoms with Gasteiger partial charge in [0.05, 0.1) is 4.92 Å².